The molecule has 0 aliphatic rings. The third kappa shape index (κ3) is 1.69. The lowest BCUT2D eigenvalue weighted by Crippen LogP contribution is -2.16. The van der Waals surface area contributed by atoms with E-state index in [4.69, 9.17) is 0 Å². The fourth-order valence-electron chi connectivity index (χ4n) is 0.568. The molecule has 0 radical (unpaired) electrons. The molecule has 0 saturated carbocycles. The molecule has 0 saturated heterocycles. The van der Waals surface area contributed by atoms with Crippen LogP contribution in [0.4, 0.5) is 17.6 Å². The average molecular weight is 168 g/mol. The Morgan fingerprint density at radius 1 is 1.45 bits per heavy atom. The van der Waals surface area contributed by atoms with Crippen molar-refractivity contribution >= 4 is 0 Å². The molecule has 0 aliphatic carbocycles. The Morgan fingerprint density at radius 3 is 2.36 bits per heavy atom. The zero-order valence-electron chi connectivity index (χ0n) is 5.27. The highest BCUT2D eigenvalue weighted by atomic mass is 19.4. The Labute approximate surface area is 59.4 Å². The fourth-order valence-corrected chi connectivity index (χ4v) is 0.568. The van der Waals surface area contributed by atoms with E-state index in [2.05, 4.69) is 5.10 Å². The summed E-state index contributed by atoms with van der Waals surface area (Å²) in [4.78, 5) is 0. The lowest BCUT2D eigenvalue weighted by Gasteiger charge is -2.03. The van der Waals surface area contributed by atoms with E-state index in [0.717, 1.165) is 6.20 Å². The zero-order chi connectivity index (χ0) is 8.48. The number of rotatable bonds is 1. The summed E-state index contributed by atoms with van der Waals surface area (Å²) < 4.78 is 46.6. The van der Waals surface area contributed by atoms with Crippen molar-refractivity contribution in [3.8, 4) is 0 Å². The van der Waals surface area contributed by atoms with Crippen LogP contribution in [0.2, 0.25) is 0 Å². The van der Waals surface area contributed by atoms with Crippen molar-refractivity contribution in [2.45, 2.75) is 13.0 Å². The van der Waals surface area contributed by atoms with Gasteiger partial charge in [0.15, 0.2) is 0 Å². The maximum Gasteiger partial charge on any atom is 0.504 e. The standard InChI is InChI=1S/C5H4F4N2/c6-1-4-2-10-11(3-4)5(7,8)9/h2-3H,1H2. The van der Waals surface area contributed by atoms with Crippen LogP contribution in [0.3, 0.4) is 0 Å². The minimum Gasteiger partial charge on any atom is -0.246 e. The second-order valence-electron chi connectivity index (χ2n) is 1.89. The van der Waals surface area contributed by atoms with E-state index in [-0.39, 0.29) is 10.2 Å². The zero-order valence-corrected chi connectivity index (χ0v) is 5.27. The highest BCUT2D eigenvalue weighted by Gasteiger charge is 2.31. The molecule has 0 aromatic carbocycles. The minimum atomic E-state index is -4.55. The topological polar surface area (TPSA) is 17.8 Å². The summed E-state index contributed by atoms with van der Waals surface area (Å²) in [5, 5.41) is 2.91. The molecule has 0 N–H and O–H groups in total. The first-order valence-electron chi connectivity index (χ1n) is 2.71. The van der Waals surface area contributed by atoms with E-state index in [1.54, 1.807) is 0 Å². The molecule has 6 heteroatoms. The van der Waals surface area contributed by atoms with Gasteiger partial charge in [-0.15, -0.1) is 13.2 Å². The Morgan fingerprint density at radius 2 is 2.09 bits per heavy atom. The number of hydrogen-bond donors (Lipinski definition) is 0. The molecule has 11 heavy (non-hydrogen) atoms. The molecular weight excluding hydrogens is 164 g/mol. The minimum absolute atomic E-state index is 0.0812. The van der Waals surface area contributed by atoms with Crippen LogP contribution in [0.25, 0.3) is 0 Å². The molecule has 0 fully saturated rings. The van der Waals surface area contributed by atoms with Crippen molar-refractivity contribution < 1.29 is 17.6 Å². The van der Waals surface area contributed by atoms with Gasteiger partial charge in [-0.05, 0) is 0 Å². The third-order valence-corrected chi connectivity index (χ3v) is 1.05. The molecular formula is C5H4F4N2. The molecule has 1 aromatic heterocycles. The molecule has 0 aliphatic heterocycles. The van der Waals surface area contributed by atoms with Crippen molar-refractivity contribution in [3.63, 3.8) is 0 Å². The molecule has 0 unspecified atom stereocenters. The van der Waals surface area contributed by atoms with Crippen LogP contribution >= 0.6 is 0 Å². The number of hydrogen-bond acceptors (Lipinski definition) is 1. The summed E-state index contributed by atoms with van der Waals surface area (Å²) in [6.07, 6.45) is -3.10. The van der Waals surface area contributed by atoms with Crippen molar-refractivity contribution in [1.29, 1.82) is 0 Å². The summed E-state index contributed by atoms with van der Waals surface area (Å²) in [5.41, 5.74) is -0.0812. The number of alkyl halides is 4. The lowest BCUT2D eigenvalue weighted by atomic mass is 10.4. The number of nitrogens with zero attached hydrogens (tertiary/aromatic N) is 2. The van der Waals surface area contributed by atoms with E-state index < -0.39 is 13.0 Å². The van der Waals surface area contributed by atoms with Crippen molar-refractivity contribution in [1.82, 2.24) is 9.78 Å². The molecule has 1 rings (SSSR count). The number of aromatic nitrogens is 2. The molecule has 0 spiro atoms. The van der Waals surface area contributed by atoms with Crippen LogP contribution in [0, 0.1) is 0 Å². The first kappa shape index (κ1) is 8.03. The van der Waals surface area contributed by atoms with E-state index in [1.165, 1.54) is 0 Å². The maximum atomic E-state index is 11.7. The second kappa shape index (κ2) is 2.52. The van der Waals surface area contributed by atoms with Crippen LogP contribution in [-0.2, 0) is 13.0 Å². The smallest absolute Gasteiger partial charge is 0.246 e. The Bertz CT molecular complexity index is 239. The third-order valence-electron chi connectivity index (χ3n) is 1.05. The molecule has 0 atom stereocenters. The summed E-state index contributed by atoms with van der Waals surface area (Å²) in [5.74, 6) is 0. The van der Waals surface area contributed by atoms with Crippen molar-refractivity contribution in [2.24, 2.45) is 0 Å². The van der Waals surface area contributed by atoms with Crippen LogP contribution in [0.1, 0.15) is 5.56 Å². The first-order chi connectivity index (χ1) is 5.04. The molecule has 1 aromatic rings. The summed E-state index contributed by atoms with van der Waals surface area (Å²) in [6, 6.07) is 0. The van der Waals surface area contributed by atoms with Gasteiger partial charge in [0, 0.05) is 11.8 Å². The average Bonchev–Trinajstić information content (AvgIpc) is 2.32. The Balaban J connectivity index is 2.89. The molecule has 2 nitrogen and oxygen atoms in total. The van der Waals surface area contributed by atoms with Gasteiger partial charge in [0.1, 0.15) is 6.67 Å². The molecule has 62 valence electrons. The highest BCUT2D eigenvalue weighted by Crippen LogP contribution is 2.21. The second-order valence-corrected chi connectivity index (χ2v) is 1.89. The van der Waals surface area contributed by atoms with Crippen LogP contribution in [-0.4, -0.2) is 9.78 Å². The van der Waals surface area contributed by atoms with Crippen molar-refractivity contribution in [3.05, 3.63) is 18.0 Å². The van der Waals surface area contributed by atoms with Gasteiger partial charge in [0.25, 0.3) is 0 Å². The van der Waals surface area contributed by atoms with Crippen molar-refractivity contribution in [2.75, 3.05) is 0 Å². The van der Waals surface area contributed by atoms with Gasteiger partial charge in [0.2, 0.25) is 0 Å². The maximum absolute atomic E-state index is 11.7. The quantitative estimate of drug-likeness (QED) is 0.585. The summed E-state index contributed by atoms with van der Waals surface area (Å²) >= 11 is 0. The van der Waals surface area contributed by atoms with Gasteiger partial charge in [-0.25, -0.2) is 4.39 Å². The van der Waals surface area contributed by atoms with Gasteiger partial charge in [0.05, 0.1) is 6.20 Å². The van der Waals surface area contributed by atoms with Crippen LogP contribution < -0.4 is 0 Å². The Kier molecular flexibility index (Phi) is 1.84. The Hall–Kier alpha value is -1.07. The number of halogens is 4. The predicted molar refractivity (Wildman–Crippen MR) is 28.3 cm³/mol. The normalized spacial score (nSPS) is 12.0. The van der Waals surface area contributed by atoms with Gasteiger partial charge < -0.3 is 0 Å². The summed E-state index contributed by atoms with van der Waals surface area (Å²) in [7, 11) is 0. The largest absolute Gasteiger partial charge is 0.504 e. The van der Waals surface area contributed by atoms with Crippen LogP contribution in [0.15, 0.2) is 12.4 Å². The van der Waals surface area contributed by atoms with Gasteiger partial charge in [-0.1, -0.05) is 0 Å². The predicted octanol–water partition coefficient (Wildman–Crippen LogP) is 1.83. The van der Waals surface area contributed by atoms with E-state index in [0.29, 0.717) is 6.20 Å². The van der Waals surface area contributed by atoms with E-state index in [1.807, 2.05) is 0 Å². The van der Waals surface area contributed by atoms with Gasteiger partial charge >= 0.3 is 6.30 Å². The molecule has 0 amide bonds. The monoisotopic (exact) mass is 168 g/mol. The van der Waals surface area contributed by atoms with Gasteiger partial charge in [-0.2, -0.15) is 9.78 Å². The summed E-state index contributed by atoms with van der Waals surface area (Å²) in [6.45, 7) is -0.934. The lowest BCUT2D eigenvalue weighted by molar-refractivity contribution is -0.212. The SMILES string of the molecule is FCc1cnn(C(F)(F)F)c1. The first-order valence-corrected chi connectivity index (χ1v) is 2.71. The highest BCUT2D eigenvalue weighted by molar-refractivity contribution is 5.01. The van der Waals surface area contributed by atoms with Crippen LogP contribution in [0.5, 0.6) is 0 Å². The van der Waals surface area contributed by atoms with E-state index >= 15 is 0 Å². The molecule has 1 heterocycles. The van der Waals surface area contributed by atoms with Gasteiger partial charge in [-0.3, -0.25) is 0 Å². The van der Waals surface area contributed by atoms with E-state index in [9.17, 15) is 17.6 Å². The fraction of sp³-hybridized carbons (Fsp3) is 0.400. The molecule has 0 bridgehead atoms.